The zero-order valence-electron chi connectivity index (χ0n) is 10.1. The van der Waals surface area contributed by atoms with Gasteiger partial charge in [0.15, 0.2) is 5.78 Å². The first kappa shape index (κ1) is 13.2. The number of benzene rings is 1. The standard InChI is InChI=1S/C13H16O4/c1-16-12-8-4-3-6-10(12)11(14)7-5-9-13(15)17-2/h3-4,6,8H,5,7,9H2,1-2H3. The maximum absolute atomic E-state index is 11.9. The summed E-state index contributed by atoms with van der Waals surface area (Å²) in [5.41, 5.74) is 0.555. The Bertz CT molecular complexity index is 398. The number of esters is 1. The molecule has 0 aliphatic heterocycles. The van der Waals surface area contributed by atoms with Crippen LogP contribution in [0.25, 0.3) is 0 Å². The van der Waals surface area contributed by atoms with Gasteiger partial charge in [-0.25, -0.2) is 0 Å². The van der Waals surface area contributed by atoms with Crippen molar-refractivity contribution in [3.05, 3.63) is 29.8 Å². The van der Waals surface area contributed by atoms with Crippen LogP contribution in [0.3, 0.4) is 0 Å². The molecule has 0 aliphatic carbocycles. The normalized spacial score (nSPS) is 9.76. The highest BCUT2D eigenvalue weighted by Gasteiger charge is 2.11. The lowest BCUT2D eigenvalue weighted by Gasteiger charge is -2.06. The van der Waals surface area contributed by atoms with Crippen LogP contribution in [0.2, 0.25) is 0 Å². The fourth-order valence-corrected chi connectivity index (χ4v) is 1.51. The van der Waals surface area contributed by atoms with Crippen LogP contribution in [-0.4, -0.2) is 26.0 Å². The second-order valence-electron chi connectivity index (χ2n) is 3.55. The molecule has 0 atom stereocenters. The number of para-hydroxylation sites is 1. The molecule has 0 heterocycles. The van der Waals surface area contributed by atoms with Gasteiger partial charge in [-0.05, 0) is 18.6 Å². The first-order valence-corrected chi connectivity index (χ1v) is 5.42. The van der Waals surface area contributed by atoms with E-state index in [9.17, 15) is 9.59 Å². The molecule has 1 aromatic carbocycles. The van der Waals surface area contributed by atoms with E-state index in [0.717, 1.165) is 0 Å². The largest absolute Gasteiger partial charge is 0.496 e. The molecule has 0 saturated heterocycles. The summed E-state index contributed by atoms with van der Waals surface area (Å²) in [6.45, 7) is 0. The number of hydrogen-bond acceptors (Lipinski definition) is 4. The van der Waals surface area contributed by atoms with Gasteiger partial charge in [-0.1, -0.05) is 12.1 Å². The van der Waals surface area contributed by atoms with E-state index in [0.29, 0.717) is 24.2 Å². The van der Waals surface area contributed by atoms with E-state index < -0.39 is 0 Å². The molecule has 0 spiro atoms. The van der Waals surface area contributed by atoms with E-state index in [2.05, 4.69) is 4.74 Å². The summed E-state index contributed by atoms with van der Waals surface area (Å²) in [4.78, 5) is 22.8. The molecule has 1 aromatic rings. The van der Waals surface area contributed by atoms with Crippen molar-refractivity contribution >= 4 is 11.8 Å². The molecule has 0 fully saturated rings. The summed E-state index contributed by atoms with van der Waals surface area (Å²) in [6.07, 6.45) is 1.07. The predicted molar refractivity (Wildman–Crippen MR) is 63.2 cm³/mol. The molecule has 92 valence electrons. The van der Waals surface area contributed by atoms with Crippen LogP contribution in [-0.2, 0) is 9.53 Å². The number of ketones is 1. The summed E-state index contributed by atoms with van der Waals surface area (Å²) < 4.78 is 9.61. The summed E-state index contributed by atoms with van der Waals surface area (Å²) in [6, 6.07) is 7.06. The Labute approximate surface area is 101 Å². The molecular formula is C13H16O4. The number of rotatable bonds is 6. The molecule has 0 aliphatic rings. The molecule has 0 N–H and O–H groups in total. The molecule has 1 rings (SSSR count). The Morgan fingerprint density at radius 1 is 1.12 bits per heavy atom. The summed E-state index contributed by atoms with van der Waals surface area (Å²) in [7, 11) is 2.87. The first-order chi connectivity index (χ1) is 8.19. The van der Waals surface area contributed by atoms with Crippen molar-refractivity contribution < 1.29 is 19.1 Å². The lowest BCUT2D eigenvalue weighted by molar-refractivity contribution is -0.140. The number of Topliss-reactive ketones (excluding diaryl/α,β-unsaturated/α-hetero) is 1. The van der Waals surface area contributed by atoms with E-state index >= 15 is 0 Å². The number of methoxy groups -OCH3 is 2. The highest BCUT2D eigenvalue weighted by Crippen LogP contribution is 2.19. The number of ether oxygens (including phenoxy) is 2. The van der Waals surface area contributed by atoms with Crippen molar-refractivity contribution in [3.63, 3.8) is 0 Å². The Morgan fingerprint density at radius 2 is 1.82 bits per heavy atom. The van der Waals surface area contributed by atoms with Gasteiger partial charge in [0.1, 0.15) is 5.75 Å². The Hall–Kier alpha value is -1.84. The zero-order chi connectivity index (χ0) is 12.7. The highest BCUT2D eigenvalue weighted by molar-refractivity contribution is 5.98. The van der Waals surface area contributed by atoms with Crippen molar-refractivity contribution in [1.82, 2.24) is 0 Å². The first-order valence-electron chi connectivity index (χ1n) is 5.42. The lowest BCUT2D eigenvalue weighted by atomic mass is 10.0. The minimum atomic E-state index is -0.294. The Morgan fingerprint density at radius 3 is 2.47 bits per heavy atom. The van der Waals surface area contributed by atoms with E-state index in [1.165, 1.54) is 14.2 Å². The minimum absolute atomic E-state index is 0.0219. The van der Waals surface area contributed by atoms with Gasteiger partial charge in [0, 0.05) is 12.8 Å². The van der Waals surface area contributed by atoms with Gasteiger partial charge in [0.05, 0.1) is 19.8 Å². The number of hydrogen-bond donors (Lipinski definition) is 0. The fourth-order valence-electron chi connectivity index (χ4n) is 1.51. The fraction of sp³-hybridized carbons (Fsp3) is 0.385. The van der Waals surface area contributed by atoms with Crippen molar-refractivity contribution in [1.29, 1.82) is 0 Å². The third-order valence-electron chi connectivity index (χ3n) is 2.42. The summed E-state index contributed by atoms with van der Waals surface area (Å²) in [5.74, 6) is 0.250. The summed E-state index contributed by atoms with van der Waals surface area (Å²) in [5, 5.41) is 0. The topological polar surface area (TPSA) is 52.6 Å². The maximum Gasteiger partial charge on any atom is 0.305 e. The average molecular weight is 236 g/mol. The summed E-state index contributed by atoms with van der Waals surface area (Å²) >= 11 is 0. The molecule has 17 heavy (non-hydrogen) atoms. The molecule has 0 unspecified atom stereocenters. The number of carbonyl (C=O) groups excluding carboxylic acids is 2. The van der Waals surface area contributed by atoms with Crippen LogP contribution < -0.4 is 4.74 Å². The van der Waals surface area contributed by atoms with Crippen LogP contribution >= 0.6 is 0 Å². The van der Waals surface area contributed by atoms with Gasteiger partial charge < -0.3 is 9.47 Å². The Balaban J connectivity index is 2.55. The molecule has 0 aromatic heterocycles. The van der Waals surface area contributed by atoms with Crippen LogP contribution in [0, 0.1) is 0 Å². The van der Waals surface area contributed by atoms with E-state index in [4.69, 9.17) is 4.74 Å². The lowest BCUT2D eigenvalue weighted by Crippen LogP contribution is -2.05. The number of carbonyl (C=O) groups is 2. The van der Waals surface area contributed by atoms with Crippen LogP contribution in [0.15, 0.2) is 24.3 Å². The average Bonchev–Trinajstić information content (AvgIpc) is 2.38. The second kappa shape index (κ2) is 6.68. The van der Waals surface area contributed by atoms with Gasteiger partial charge in [-0.3, -0.25) is 9.59 Å². The van der Waals surface area contributed by atoms with Crippen LogP contribution in [0.4, 0.5) is 0 Å². The molecule has 0 saturated carbocycles. The molecular weight excluding hydrogens is 220 g/mol. The second-order valence-corrected chi connectivity index (χ2v) is 3.55. The maximum atomic E-state index is 11.9. The molecule has 0 amide bonds. The van der Waals surface area contributed by atoms with E-state index in [-0.39, 0.29) is 18.2 Å². The van der Waals surface area contributed by atoms with Gasteiger partial charge in [-0.2, -0.15) is 0 Å². The van der Waals surface area contributed by atoms with Crippen molar-refractivity contribution in [2.45, 2.75) is 19.3 Å². The van der Waals surface area contributed by atoms with E-state index in [1.54, 1.807) is 18.2 Å². The highest BCUT2D eigenvalue weighted by atomic mass is 16.5. The van der Waals surface area contributed by atoms with Gasteiger partial charge >= 0.3 is 5.97 Å². The predicted octanol–water partition coefficient (Wildman–Crippen LogP) is 2.22. The molecule has 4 nitrogen and oxygen atoms in total. The van der Waals surface area contributed by atoms with E-state index in [1.807, 2.05) is 6.07 Å². The van der Waals surface area contributed by atoms with Gasteiger partial charge in [0.2, 0.25) is 0 Å². The zero-order valence-corrected chi connectivity index (χ0v) is 10.1. The monoisotopic (exact) mass is 236 g/mol. The van der Waals surface area contributed by atoms with Gasteiger partial charge in [0.25, 0.3) is 0 Å². The molecule has 4 heteroatoms. The van der Waals surface area contributed by atoms with Gasteiger partial charge in [-0.15, -0.1) is 0 Å². The van der Waals surface area contributed by atoms with Crippen molar-refractivity contribution in [2.24, 2.45) is 0 Å². The quantitative estimate of drug-likeness (QED) is 0.561. The minimum Gasteiger partial charge on any atom is -0.496 e. The SMILES string of the molecule is COC(=O)CCCC(=O)c1ccccc1OC. The third kappa shape index (κ3) is 3.90. The smallest absolute Gasteiger partial charge is 0.305 e. The molecule has 0 radical (unpaired) electrons. The third-order valence-corrected chi connectivity index (χ3v) is 2.42. The van der Waals surface area contributed by atoms with Crippen molar-refractivity contribution in [3.8, 4) is 5.75 Å². The van der Waals surface area contributed by atoms with Crippen molar-refractivity contribution in [2.75, 3.05) is 14.2 Å². The Kier molecular flexibility index (Phi) is 5.20. The van der Waals surface area contributed by atoms with Crippen LogP contribution in [0.1, 0.15) is 29.6 Å². The molecule has 0 bridgehead atoms. The van der Waals surface area contributed by atoms with Crippen LogP contribution in [0.5, 0.6) is 5.75 Å².